The number of aryl methyl sites for hydroxylation is 1. The van der Waals surface area contributed by atoms with Crippen LogP contribution in [-0.4, -0.2) is 22.0 Å². The molecular formula is C17H24N4O. The van der Waals surface area contributed by atoms with Crippen LogP contribution in [0.25, 0.3) is 0 Å². The lowest BCUT2D eigenvalue weighted by Gasteiger charge is -2.14. The molecule has 1 heterocycles. The monoisotopic (exact) mass is 300 g/mol. The summed E-state index contributed by atoms with van der Waals surface area (Å²) >= 11 is 0. The summed E-state index contributed by atoms with van der Waals surface area (Å²) in [5.41, 5.74) is 8.46. The quantitative estimate of drug-likeness (QED) is 0.823. The standard InChI is InChI=1S/C17H24N4O/c1-13(2)14-3-5-15(6-4-14)16(18)11-20-17(22)7-9-21-10-8-19-12-21/h3-6,8,10,12-13,16H,7,9,11,18H2,1-2H3,(H,20,22). The van der Waals surface area contributed by atoms with Gasteiger partial charge in [0, 0.05) is 37.9 Å². The van der Waals surface area contributed by atoms with Crippen molar-refractivity contribution in [3.8, 4) is 0 Å². The first kappa shape index (κ1) is 16.2. The fourth-order valence-electron chi connectivity index (χ4n) is 2.21. The van der Waals surface area contributed by atoms with Crippen LogP contribution in [-0.2, 0) is 11.3 Å². The maximum Gasteiger partial charge on any atom is 0.221 e. The third-order valence-electron chi connectivity index (χ3n) is 3.71. The zero-order valence-corrected chi connectivity index (χ0v) is 13.2. The molecule has 22 heavy (non-hydrogen) atoms. The van der Waals surface area contributed by atoms with Crippen molar-refractivity contribution in [2.24, 2.45) is 5.73 Å². The second kappa shape index (κ2) is 7.75. The van der Waals surface area contributed by atoms with E-state index < -0.39 is 0 Å². The van der Waals surface area contributed by atoms with Crippen molar-refractivity contribution in [3.63, 3.8) is 0 Å². The molecule has 0 saturated carbocycles. The van der Waals surface area contributed by atoms with Gasteiger partial charge >= 0.3 is 0 Å². The van der Waals surface area contributed by atoms with Crippen molar-refractivity contribution >= 4 is 5.91 Å². The molecule has 5 nitrogen and oxygen atoms in total. The number of nitrogens with one attached hydrogen (secondary N) is 1. The summed E-state index contributed by atoms with van der Waals surface area (Å²) < 4.78 is 1.88. The lowest BCUT2D eigenvalue weighted by Crippen LogP contribution is -2.32. The van der Waals surface area contributed by atoms with E-state index in [0.29, 0.717) is 25.4 Å². The Balaban J connectivity index is 1.76. The van der Waals surface area contributed by atoms with Crippen LogP contribution in [0.5, 0.6) is 0 Å². The molecule has 0 bridgehead atoms. The van der Waals surface area contributed by atoms with E-state index in [1.54, 1.807) is 12.5 Å². The van der Waals surface area contributed by atoms with Crippen LogP contribution in [0.4, 0.5) is 0 Å². The normalized spacial score (nSPS) is 12.4. The molecule has 1 amide bonds. The zero-order chi connectivity index (χ0) is 15.9. The highest BCUT2D eigenvalue weighted by Crippen LogP contribution is 2.17. The SMILES string of the molecule is CC(C)c1ccc(C(N)CNC(=O)CCn2ccnc2)cc1. The first-order chi connectivity index (χ1) is 10.6. The molecule has 1 unspecified atom stereocenters. The van der Waals surface area contributed by atoms with Crippen LogP contribution < -0.4 is 11.1 Å². The van der Waals surface area contributed by atoms with Gasteiger partial charge in [0.1, 0.15) is 0 Å². The van der Waals surface area contributed by atoms with Crippen molar-refractivity contribution in [2.45, 2.75) is 38.8 Å². The number of benzene rings is 1. The predicted octanol–water partition coefficient (Wildman–Crippen LogP) is 2.21. The van der Waals surface area contributed by atoms with Gasteiger partial charge < -0.3 is 15.6 Å². The maximum atomic E-state index is 11.8. The van der Waals surface area contributed by atoms with E-state index in [-0.39, 0.29) is 11.9 Å². The molecule has 0 saturated heterocycles. The number of carbonyl (C=O) groups excluding carboxylic acids is 1. The van der Waals surface area contributed by atoms with Crippen molar-refractivity contribution in [1.82, 2.24) is 14.9 Å². The van der Waals surface area contributed by atoms with E-state index in [1.165, 1.54) is 5.56 Å². The van der Waals surface area contributed by atoms with Crippen LogP contribution >= 0.6 is 0 Å². The Morgan fingerprint density at radius 2 is 1.95 bits per heavy atom. The Kier molecular flexibility index (Phi) is 5.72. The Morgan fingerprint density at radius 1 is 1.27 bits per heavy atom. The van der Waals surface area contributed by atoms with Gasteiger partial charge in [0.2, 0.25) is 5.91 Å². The Bertz CT molecular complexity index is 575. The third-order valence-corrected chi connectivity index (χ3v) is 3.71. The van der Waals surface area contributed by atoms with Crippen molar-refractivity contribution in [2.75, 3.05) is 6.54 Å². The Morgan fingerprint density at radius 3 is 2.55 bits per heavy atom. The second-order valence-corrected chi connectivity index (χ2v) is 5.78. The Hall–Kier alpha value is -2.14. The number of rotatable bonds is 7. The number of amides is 1. The van der Waals surface area contributed by atoms with Crippen LogP contribution in [0.15, 0.2) is 43.0 Å². The molecule has 0 aliphatic heterocycles. The first-order valence-electron chi connectivity index (χ1n) is 7.64. The van der Waals surface area contributed by atoms with Crippen molar-refractivity contribution < 1.29 is 4.79 Å². The number of hydrogen-bond acceptors (Lipinski definition) is 3. The Labute approximate surface area is 131 Å². The van der Waals surface area contributed by atoms with Gasteiger partial charge in [-0.05, 0) is 17.0 Å². The van der Waals surface area contributed by atoms with Crippen LogP contribution in [0.1, 0.15) is 43.4 Å². The average molecular weight is 300 g/mol. The fraction of sp³-hybridized carbons (Fsp3) is 0.412. The van der Waals surface area contributed by atoms with Gasteiger partial charge in [0.25, 0.3) is 0 Å². The van der Waals surface area contributed by atoms with Gasteiger partial charge in [-0.15, -0.1) is 0 Å². The van der Waals surface area contributed by atoms with E-state index >= 15 is 0 Å². The van der Waals surface area contributed by atoms with Gasteiger partial charge in [-0.2, -0.15) is 0 Å². The van der Waals surface area contributed by atoms with Gasteiger partial charge in [-0.25, -0.2) is 4.98 Å². The molecule has 0 spiro atoms. The topological polar surface area (TPSA) is 72.9 Å². The lowest BCUT2D eigenvalue weighted by molar-refractivity contribution is -0.121. The lowest BCUT2D eigenvalue weighted by atomic mass is 9.99. The van der Waals surface area contributed by atoms with E-state index in [1.807, 2.05) is 22.9 Å². The number of hydrogen-bond donors (Lipinski definition) is 2. The molecule has 3 N–H and O–H groups in total. The number of imidazole rings is 1. The van der Waals surface area contributed by atoms with Crippen molar-refractivity contribution in [1.29, 1.82) is 0 Å². The summed E-state index contributed by atoms with van der Waals surface area (Å²) in [7, 11) is 0. The smallest absolute Gasteiger partial charge is 0.221 e. The highest BCUT2D eigenvalue weighted by atomic mass is 16.1. The van der Waals surface area contributed by atoms with Gasteiger partial charge in [-0.1, -0.05) is 38.1 Å². The minimum atomic E-state index is -0.182. The minimum absolute atomic E-state index is 0.00273. The molecular weight excluding hydrogens is 276 g/mol. The number of aromatic nitrogens is 2. The highest BCUT2D eigenvalue weighted by molar-refractivity contribution is 5.75. The number of nitrogens with zero attached hydrogens (tertiary/aromatic N) is 2. The molecule has 2 aromatic rings. The number of carbonyl (C=O) groups is 1. The summed E-state index contributed by atoms with van der Waals surface area (Å²) in [6.07, 6.45) is 5.68. The summed E-state index contributed by atoms with van der Waals surface area (Å²) in [5.74, 6) is 0.510. The highest BCUT2D eigenvalue weighted by Gasteiger charge is 2.09. The van der Waals surface area contributed by atoms with Gasteiger partial charge in [0.05, 0.1) is 6.33 Å². The molecule has 1 aromatic carbocycles. The molecule has 5 heteroatoms. The fourth-order valence-corrected chi connectivity index (χ4v) is 2.21. The second-order valence-electron chi connectivity index (χ2n) is 5.78. The maximum absolute atomic E-state index is 11.8. The minimum Gasteiger partial charge on any atom is -0.354 e. The summed E-state index contributed by atoms with van der Waals surface area (Å²) in [6.45, 7) is 5.40. The summed E-state index contributed by atoms with van der Waals surface area (Å²) in [6, 6.07) is 8.09. The molecule has 1 atom stereocenters. The molecule has 0 radical (unpaired) electrons. The van der Waals surface area contributed by atoms with E-state index in [0.717, 1.165) is 5.56 Å². The molecule has 0 aliphatic carbocycles. The molecule has 118 valence electrons. The number of nitrogens with two attached hydrogens (primary N) is 1. The van der Waals surface area contributed by atoms with E-state index in [4.69, 9.17) is 5.73 Å². The molecule has 2 rings (SSSR count). The molecule has 0 aliphatic rings. The summed E-state index contributed by atoms with van der Waals surface area (Å²) in [5, 5.41) is 2.88. The third kappa shape index (κ3) is 4.70. The van der Waals surface area contributed by atoms with E-state index in [9.17, 15) is 4.79 Å². The van der Waals surface area contributed by atoms with Crippen molar-refractivity contribution in [3.05, 3.63) is 54.1 Å². The largest absolute Gasteiger partial charge is 0.354 e. The molecule has 0 fully saturated rings. The first-order valence-corrected chi connectivity index (χ1v) is 7.64. The van der Waals surface area contributed by atoms with Gasteiger partial charge in [0.15, 0.2) is 0 Å². The predicted molar refractivity (Wildman–Crippen MR) is 87.3 cm³/mol. The molecule has 1 aromatic heterocycles. The zero-order valence-electron chi connectivity index (χ0n) is 13.2. The average Bonchev–Trinajstić information content (AvgIpc) is 3.04. The van der Waals surface area contributed by atoms with E-state index in [2.05, 4.69) is 36.3 Å². The summed E-state index contributed by atoms with van der Waals surface area (Å²) in [4.78, 5) is 15.8. The van der Waals surface area contributed by atoms with Crippen LogP contribution in [0, 0.1) is 0 Å². The van der Waals surface area contributed by atoms with Gasteiger partial charge in [-0.3, -0.25) is 4.79 Å². The van der Waals surface area contributed by atoms with Crippen LogP contribution in [0.2, 0.25) is 0 Å². The van der Waals surface area contributed by atoms with Crippen LogP contribution in [0.3, 0.4) is 0 Å².